The van der Waals surface area contributed by atoms with Crippen LogP contribution in [0.2, 0.25) is 0 Å². The fourth-order valence-corrected chi connectivity index (χ4v) is 4.61. The molecule has 1 aliphatic rings. The van der Waals surface area contributed by atoms with E-state index in [0.29, 0.717) is 37.4 Å². The predicted molar refractivity (Wildman–Crippen MR) is 103 cm³/mol. The number of hydrogen-bond donors (Lipinski definition) is 0. The Morgan fingerprint density at radius 1 is 1.17 bits per heavy atom. The van der Waals surface area contributed by atoms with Gasteiger partial charge in [0.15, 0.2) is 9.84 Å². The molecule has 2 aromatic heterocycles. The van der Waals surface area contributed by atoms with Gasteiger partial charge in [0, 0.05) is 25.3 Å². The van der Waals surface area contributed by atoms with E-state index in [2.05, 4.69) is 15.1 Å². The molecule has 29 heavy (non-hydrogen) atoms. The molecule has 0 bridgehead atoms. The van der Waals surface area contributed by atoms with Crippen molar-refractivity contribution >= 4 is 21.5 Å². The first-order valence-electron chi connectivity index (χ1n) is 9.24. The first-order chi connectivity index (χ1) is 13.8. The van der Waals surface area contributed by atoms with E-state index >= 15 is 0 Å². The van der Waals surface area contributed by atoms with Crippen LogP contribution >= 0.6 is 0 Å². The summed E-state index contributed by atoms with van der Waals surface area (Å²) in [6.45, 7) is 1.01. The molecule has 0 atom stereocenters. The summed E-state index contributed by atoms with van der Waals surface area (Å²) in [6, 6.07) is 5.90. The minimum atomic E-state index is -3.49. The molecule has 3 aromatic rings. The summed E-state index contributed by atoms with van der Waals surface area (Å²) in [5.41, 5.74) is 1.33. The third kappa shape index (κ3) is 3.98. The first kappa shape index (κ1) is 19.4. The Bertz CT molecular complexity index is 1150. The van der Waals surface area contributed by atoms with Crippen LogP contribution in [0.5, 0.6) is 0 Å². The highest BCUT2D eigenvalue weighted by molar-refractivity contribution is 7.90. The third-order valence-corrected chi connectivity index (χ3v) is 6.32. The average molecular weight is 417 g/mol. The van der Waals surface area contributed by atoms with Crippen molar-refractivity contribution in [3.05, 3.63) is 53.9 Å². The van der Waals surface area contributed by atoms with Gasteiger partial charge in [0.25, 0.3) is 5.78 Å². The molecule has 0 spiro atoms. The highest BCUT2D eigenvalue weighted by Crippen LogP contribution is 2.32. The summed E-state index contributed by atoms with van der Waals surface area (Å²) in [7, 11) is -3.49. The number of amides is 1. The fraction of sp³-hybridized carbons (Fsp3) is 0.368. The number of aromatic nitrogens is 4. The number of carbonyl (C=O) groups excluding carboxylic acids is 1. The second-order valence-electron chi connectivity index (χ2n) is 7.21. The molecule has 3 heterocycles. The molecule has 10 heteroatoms. The number of fused-ring (bicyclic) bond motifs is 1. The molecule has 1 saturated heterocycles. The number of rotatable bonds is 4. The Kier molecular flexibility index (Phi) is 5.03. The molecule has 0 radical (unpaired) electrons. The number of likely N-dealkylation sites (tertiary alicyclic amines) is 1. The van der Waals surface area contributed by atoms with Crippen molar-refractivity contribution in [1.82, 2.24) is 24.5 Å². The third-order valence-electron chi connectivity index (χ3n) is 5.21. The Morgan fingerprint density at radius 3 is 2.52 bits per heavy atom. The van der Waals surface area contributed by atoms with Crippen molar-refractivity contribution in [2.45, 2.75) is 30.1 Å². The lowest BCUT2D eigenvalue weighted by molar-refractivity contribution is -0.131. The first-order valence-corrected chi connectivity index (χ1v) is 11.1. The normalized spacial score (nSPS) is 15.7. The van der Waals surface area contributed by atoms with E-state index in [-0.39, 0.29) is 29.0 Å². The highest BCUT2D eigenvalue weighted by atomic mass is 32.2. The molecular formula is C19H20FN5O3S. The van der Waals surface area contributed by atoms with Crippen LogP contribution in [0.3, 0.4) is 0 Å². The molecular weight excluding hydrogens is 397 g/mol. The Morgan fingerprint density at radius 2 is 1.86 bits per heavy atom. The zero-order valence-electron chi connectivity index (χ0n) is 15.8. The van der Waals surface area contributed by atoms with Crippen LogP contribution in [0.1, 0.15) is 30.0 Å². The van der Waals surface area contributed by atoms with Crippen molar-refractivity contribution in [3.63, 3.8) is 0 Å². The van der Waals surface area contributed by atoms with Crippen LogP contribution in [0.4, 0.5) is 4.39 Å². The largest absolute Gasteiger partial charge is 0.342 e. The molecule has 0 saturated carbocycles. The SMILES string of the molecule is CS(=O)(=O)c1cnc2ncnn2c1C1CCN(C(=O)Cc2ccc(F)cc2)CC1. The summed E-state index contributed by atoms with van der Waals surface area (Å²) in [5, 5.41) is 4.15. The van der Waals surface area contributed by atoms with Crippen molar-refractivity contribution in [2.75, 3.05) is 19.3 Å². The number of halogens is 1. The molecule has 4 rings (SSSR count). The second-order valence-corrected chi connectivity index (χ2v) is 9.19. The molecule has 8 nitrogen and oxygen atoms in total. The molecule has 1 amide bonds. The molecule has 0 N–H and O–H groups in total. The predicted octanol–water partition coefficient (Wildman–Crippen LogP) is 1.62. The van der Waals surface area contributed by atoms with Crippen LogP contribution in [-0.4, -0.2) is 58.2 Å². The standard InChI is InChI=1S/C19H20FN5O3S/c1-29(27,28)16-11-21-19-22-12-23-25(19)18(16)14-6-8-24(9-7-14)17(26)10-13-2-4-15(20)5-3-13/h2-5,11-12,14H,6-10H2,1H3. The summed E-state index contributed by atoms with van der Waals surface area (Å²) in [5.74, 6) is -0.0940. The van der Waals surface area contributed by atoms with Gasteiger partial charge in [-0.3, -0.25) is 4.79 Å². The number of hydrogen-bond acceptors (Lipinski definition) is 6. The van der Waals surface area contributed by atoms with Crippen LogP contribution in [0.25, 0.3) is 5.78 Å². The molecule has 0 unspecified atom stereocenters. The van der Waals surface area contributed by atoms with E-state index in [4.69, 9.17) is 0 Å². The second kappa shape index (κ2) is 7.51. The van der Waals surface area contributed by atoms with Gasteiger partial charge in [-0.15, -0.1) is 0 Å². The molecule has 1 aromatic carbocycles. The van der Waals surface area contributed by atoms with Crippen LogP contribution in [0.15, 0.2) is 41.7 Å². The topological polar surface area (TPSA) is 97.5 Å². The summed E-state index contributed by atoms with van der Waals surface area (Å²) >= 11 is 0. The quantitative estimate of drug-likeness (QED) is 0.640. The van der Waals surface area contributed by atoms with Gasteiger partial charge in [-0.1, -0.05) is 12.1 Å². The lowest BCUT2D eigenvalue weighted by Crippen LogP contribution is -2.39. The van der Waals surface area contributed by atoms with Crippen molar-refractivity contribution < 1.29 is 17.6 Å². The maximum atomic E-state index is 13.0. The summed E-state index contributed by atoms with van der Waals surface area (Å²) < 4.78 is 39.1. The fourth-order valence-electron chi connectivity index (χ4n) is 3.73. The van der Waals surface area contributed by atoms with Crippen LogP contribution in [0, 0.1) is 5.82 Å². The van der Waals surface area contributed by atoms with E-state index in [0.717, 1.165) is 11.8 Å². The molecule has 1 fully saturated rings. The van der Waals surface area contributed by atoms with Crippen LogP contribution in [-0.2, 0) is 21.1 Å². The molecule has 1 aliphatic heterocycles. The van der Waals surface area contributed by atoms with E-state index in [9.17, 15) is 17.6 Å². The Balaban J connectivity index is 1.52. The van der Waals surface area contributed by atoms with Crippen molar-refractivity contribution in [1.29, 1.82) is 0 Å². The van der Waals surface area contributed by atoms with Crippen LogP contribution < -0.4 is 0 Å². The van der Waals surface area contributed by atoms with Gasteiger partial charge >= 0.3 is 0 Å². The number of sulfone groups is 1. The van der Waals surface area contributed by atoms with Gasteiger partial charge in [0.2, 0.25) is 5.91 Å². The molecule has 152 valence electrons. The van der Waals surface area contributed by atoms with Gasteiger partial charge in [-0.25, -0.2) is 17.8 Å². The lowest BCUT2D eigenvalue weighted by Gasteiger charge is -2.32. The minimum absolute atomic E-state index is 0.0287. The summed E-state index contributed by atoms with van der Waals surface area (Å²) in [6.07, 6.45) is 5.26. The Hall–Kier alpha value is -2.88. The van der Waals surface area contributed by atoms with Crippen molar-refractivity contribution in [3.8, 4) is 0 Å². The van der Waals surface area contributed by atoms with E-state index in [1.807, 2.05) is 0 Å². The number of carbonyl (C=O) groups is 1. The van der Waals surface area contributed by atoms with Gasteiger partial charge < -0.3 is 4.90 Å². The number of piperidine rings is 1. The number of nitrogens with zero attached hydrogens (tertiary/aromatic N) is 5. The van der Waals surface area contributed by atoms with E-state index < -0.39 is 9.84 Å². The Labute approximate surface area is 167 Å². The zero-order valence-corrected chi connectivity index (χ0v) is 16.6. The average Bonchev–Trinajstić information content (AvgIpc) is 3.17. The van der Waals surface area contributed by atoms with Gasteiger partial charge in [0.05, 0.1) is 18.3 Å². The van der Waals surface area contributed by atoms with Gasteiger partial charge in [-0.05, 0) is 30.5 Å². The maximum Gasteiger partial charge on any atom is 0.252 e. The highest BCUT2D eigenvalue weighted by Gasteiger charge is 2.30. The lowest BCUT2D eigenvalue weighted by atomic mass is 9.93. The smallest absolute Gasteiger partial charge is 0.252 e. The van der Waals surface area contributed by atoms with Gasteiger partial charge in [0.1, 0.15) is 17.0 Å². The summed E-state index contributed by atoms with van der Waals surface area (Å²) in [4.78, 5) is 22.6. The zero-order chi connectivity index (χ0) is 20.6. The molecule has 0 aliphatic carbocycles. The van der Waals surface area contributed by atoms with Crippen molar-refractivity contribution in [2.24, 2.45) is 0 Å². The van der Waals surface area contributed by atoms with Gasteiger partial charge in [-0.2, -0.15) is 14.6 Å². The minimum Gasteiger partial charge on any atom is -0.342 e. The van der Waals surface area contributed by atoms with E-state index in [1.54, 1.807) is 17.0 Å². The van der Waals surface area contributed by atoms with E-state index in [1.165, 1.54) is 29.2 Å². The maximum absolute atomic E-state index is 13.0. The number of benzene rings is 1. The monoisotopic (exact) mass is 417 g/mol.